The standard InChI is InChI=1S/C17H33N5O6S2/c1-30-7-5-11(20-14(24)10(19)8-23)15(25)22-13(9-29)16(26)21-12(17(27)28)4-2-3-6-18/h10-13,23,29H,2-9,18-19H2,1H3,(H,20,24)(H,21,26)(H,22,25)(H,27,28)/t10-,11-,12-,13-/m0/s1. The molecule has 0 heterocycles. The van der Waals surface area contributed by atoms with E-state index in [-0.39, 0.29) is 18.6 Å². The fourth-order valence-electron chi connectivity index (χ4n) is 2.36. The smallest absolute Gasteiger partial charge is 0.326 e. The van der Waals surface area contributed by atoms with Gasteiger partial charge in [-0.3, -0.25) is 14.4 Å². The van der Waals surface area contributed by atoms with E-state index in [0.29, 0.717) is 25.1 Å². The molecule has 0 aliphatic heterocycles. The molecule has 30 heavy (non-hydrogen) atoms. The van der Waals surface area contributed by atoms with E-state index in [1.165, 1.54) is 11.8 Å². The molecule has 0 saturated heterocycles. The van der Waals surface area contributed by atoms with Crippen LogP contribution in [0.25, 0.3) is 0 Å². The summed E-state index contributed by atoms with van der Waals surface area (Å²) in [7, 11) is 0. The third kappa shape index (κ3) is 11.0. The predicted molar refractivity (Wildman–Crippen MR) is 118 cm³/mol. The fraction of sp³-hybridized carbons (Fsp3) is 0.765. The number of carboxylic acids is 1. The largest absolute Gasteiger partial charge is 0.480 e. The monoisotopic (exact) mass is 467 g/mol. The van der Waals surface area contributed by atoms with Crippen LogP contribution in [0.15, 0.2) is 0 Å². The average Bonchev–Trinajstić information content (AvgIpc) is 2.72. The van der Waals surface area contributed by atoms with Gasteiger partial charge in [0.2, 0.25) is 17.7 Å². The summed E-state index contributed by atoms with van der Waals surface area (Å²) in [6.45, 7) is -0.163. The van der Waals surface area contributed by atoms with Crippen molar-refractivity contribution in [3.63, 3.8) is 0 Å². The highest BCUT2D eigenvalue weighted by molar-refractivity contribution is 7.98. The fourth-order valence-corrected chi connectivity index (χ4v) is 3.08. The van der Waals surface area contributed by atoms with Crippen LogP contribution in [0.3, 0.4) is 0 Å². The van der Waals surface area contributed by atoms with Crippen LogP contribution in [0.2, 0.25) is 0 Å². The number of aliphatic hydroxyl groups excluding tert-OH is 1. The number of carboxylic acid groups (broad SMARTS) is 1. The van der Waals surface area contributed by atoms with Crippen molar-refractivity contribution in [3.8, 4) is 0 Å². The van der Waals surface area contributed by atoms with E-state index in [4.69, 9.17) is 16.6 Å². The number of thioether (sulfide) groups is 1. The molecule has 0 aliphatic carbocycles. The Hall–Kier alpha value is -1.54. The molecule has 9 N–H and O–H groups in total. The molecule has 0 fully saturated rings. The highest BCUT2D eigenvalue weighted by atomic mass is 32.2. The molecular formula is C17H33N5O6S2. The lowest BCUT2D eigenvalue weighted by Crippen LogP contribution is -2.58. The molecule has 0 spiro atoms. The van der Waals surface area contributed by atoms with E-state index in [1.54, 1.807) is 0 Å². The van der Waals surface area contributed by atoms with Gasteiger partial charge in [0.1, 0.15) is 24.2 Å². The van der Waals surface area contributed by atoms with Crippen LogP contribution in [0.4, 0.5) is 0 Å². The van der Waals surface area contributed by atoms with E-state index < -0.39 is 54.5 Å². The molecule has 0 rings (SSSR count). The molecule has 0 aromatic rings. The van der Waals surface area contributed by atoms with E-state index in [0.717, 1.165) is 0 Å². The first kappa shape index (κ1) is 28.5. The van der Waals surface area contributed by atoms with Gasteiger partial charge < -0.3 is 37.6 Å². The van der Waals surface area contributed by atoms with Gasteiger partial charge in [0, 0.05) is 5.75 Å². The van der Waals surface area contributed by atoms with E-state index in [2.05, 4.69) is 28.6 Å². The molecule has 13 heteroatoms. The van der Waals surface area contributed by atoms with E-state index in [1.807, 2.05) is 6.26 Å². The van der Waals surface area contributed by atoms with Gasteiger partial charge in [0.15, 0.2) is 0 Å². The van der Waals surface area contributed by atoms with Gasteiger partial charge in [0.25, 0.3) is 0 Å². The van der Waals surface area contributed by atoms with Gasteiger partial charge in [0.05, 0.1) is 6.61 Å². The molecule has 0 aromatic heterocycles. The van der Waals surface area contributed by atoms with Crippen LogP contribution in [-0.4, -0.2) is 89.0 Å². The van der Waals surface area contributed by atoms with Crippen molar-refractivity contribution in [2.45, 2.75) is 49.9 Å². The second kappa shape index (κ2) is 16.2. The van der Waals surface area contributed by atoms with Crippen molar-refractivity contribution in [2.24, 2.45) is 11.5 Å². The Morgan fingerprint density at radius 1 is 0.967 bits per heavy atom. The lowest BCUT2D eigenvalue weighted by Gasteiger charge is -2.24. The number of hydrogen-bond acceptors (Lipinski definition) is 9. The van der Waals surface area contributed by atoms with E-state index in [9.17, 15) is 24.3 Å². The van der Waals surface area contributed by atoms with Gasteiger partial charge in [-0.15, -0.1) is 0 Å². The zero-order chi connectivity index (χ0) is 23.1. The molecule has 0 aromatic carbocycles. The number of carbonyl (C=O) groups is 4. The summed E-state index contributed by atoms with van der Waals surface area (Å²) in [5, 5.41) is 25.6. The first-order valence-electron chi connectivity index (χ1n) is 9.51. The van der Waals surface area contributed by atoms with Crippen LogP contribution < -0.4 is 27.4 Å². The highest BCUT2D eigenvalue weighted by Gasteiger charge is 2.29. The van der Waals surface area contributed by atoms with Crippen LogP contribution in [-0.2, 0) is 19.2 Å². The van der Waals surface area contributed by atoms with Crippen molar-refractivity contribution in [2.75, 3.05) is 30.9 Å². The van der Waals surface area contributed by atoms with Crippen LogP contribution in [0.1, 0.15) is 25.7 Å². The van der Waals surface area contributed by atoms with Crippen molar-refractivity contribution < 1.29 is 29.4 Å². The molecule has 3 amide bonds. The number of aliphatic carboxylic acids is 1. The Labute approximate surface area is 185 Å². The molecular weight excluding hydrogens is 434 g/mol. The number of thiol groups is 1. The maximum Gasteiger partial charge on any atom is 0.326 e. The first-order valence-corrected chi connectivity index (χ1v) is 11.5. The average molecular weight is 468 g/mol. The Morgan fingerprint density at radius 3 is 2.03 bits per heavy atom. The molecule has 0 radical (unpaired) electrons. The third-order valence-corrected chi connectivity index (χ3v) is 5.16. The maximum atomic E-state index is 12.6. The second-order valence-electron chi connectivity index (χ2n) is 6.56. The summed E-state index contributed by atoms with van der Waals surface area (Å²) in [6, 6.07) is -4.36. The Balaban J connectivity index is 5.07. The van der Waals surface area contributed by atoms with Gasteiger partial charge in [-0.2, -0.15) is 24.4 Å². The van der Waals surface area contributed by atoms with E-state index >= 15 is 0 Å². The normalized spacial score (nSPS) is 14.8. The van der Waals surface area contributed by atoms with Crippen molar-refractivity contribution in [3.05, 3.63) is 0 Å². The molecule has 174 valence electrons. The highest BCUT2D eigenvalue weighted by Crippen LogP contribution is 2.05. The third-order valence-electron chi connectivity index (χ3n) is 4.15. The number of nitrogens with two attached hydrogens (primary N) is 2. The lowest BCUT2D eigenvalue weighted by molar-refractivity contribution is -0.142. The SMILES string of the molecule is CSCC[C@H](NC(=O)[C@@H](N)CO)C(=O)N[C@@H](CS)C(=O)N[C@@H](CCCCN)C(=O)O. The summed E-state index contributed by atoms with van der Waals surface area (Å²) in [4.78, 5) is 48.4. The van der Waals surface area contributed by atoms with Crippen LogP contribution in [0, 0.1) is 0 Å². The Morgan fingerprint density at radius 2 is 1.53 bits per heavy atom. The number of rotatable bonds is 16. The lowest BCUT2D eigenvalue weighted by atomic mass is 10.1. The van der Waals surface area contributed by atoms with Gasteiger partial charge in [-0.25, -0.2) is 4.79 Å². The number of amides is 3. The summed E-state index contributed by atoms with van der Waals surface area (Å²) in [6.07, 6.45) is 3.46. The van der Waals surface area contributed by atoms with Gasteiger partial charge >= 0.3 is 5.97 Å². The molecule has 0 bridgehead atoms. The minimum atomic E-state index is -1.19. The number of unbranched alkanes of at least 4 members (excludes halogenated alkanes) is 1. The summed E-state index contributed by atoms with van der Waals surface area (Å²) in [5.41, 5.74) is 10.9. The summed E-state index contributed by atoms with van der Waals surface area (Å²) in [5.74, 6) is -2.74. The zero-order valence-corrected chi connectivity index (χ0v) is 18.7. The van der Waals surface area contributed by atoms with Gasteiger partial charge in [-0.1, -0.05) is 0 Å². The molecule has 11 nitrogen and oxygen atoms in total. The molecule has 0 saturated carbocycles. The van der Waals surface area contributed by atoms with Crippen molar-refractivity contribution >= 4 is 48.1 Å². The molecule has 4 atom stereocenters. The van der Waals surface area contributed by atoms with Gasteiger partial charge in [-0.05, 0) is 44.2 Å². The maximum absolute atomic E-state index is 12.6. The van der Waals surface area contributed by atoms with Crippen molar-refractivity contribution in [1.82, 2.24) is 16.0 Å². The number of nitrogens with one attached hydrogen (secondary N) is 3. The second-order valence-corrected chi connectivity index (χ2v) is 7.91. The molecule has 0 unspecified atom stereocenters. The minimum absolute atomic E-state index is 0.0773. The first-order chi connectivity index (χ1) is 14.2. The minimum Gasteiger partial charge on any atom is -0.480 e. The predicted octanol–water partition coefficient (Wildman–Crippen LogP) is -2.34. The number of hydrogen-bond donors (Lipinski definition) is 8. The zero-order valence-electron chi connectivity index (χ0n) is 17.0. The summed E-state index contributed by atoms with van der Waals surface area (Å²) < 4.78 is 0. The quantitative estimate of drug-likeness (QED) is 0.0905. The van der Waals surface area contributed by atoms with Crippen LogP contribution >= 0.6 is 24.4 Å². The number of aliphatic hydroxyl groups is 1. The van der Waals surface area contributed by atoms with Crippen LogP contribution in [0.5, 0.6) is 0 Å². The Kier molecular flexibility index (Phi) is 15.4. The Bertz CT molecular complexity index is 569. The van der Waals surface area contributed by atoms with Crippen molar-refractivity contribution in [1.29, 1.82) is 0 Å². The number of carbonyl (C=O) groups excluding carboxylic acids is 3. The summed E-state index contributed by atoms with van der Waals surface area (Å²) >= 11 is 5.52. The molecule has 0 aliphatic rings. The topological polar surface area (TPSA) is 197 Å².